The molecule has 5 nitrogen and oxygen atoms in total. The van der Waals surface area contributed by atoms with E-state index in [0.717, 1.165) is 32.7 Å². The minimum atomic E-state index is -0.491. The zero-order valence-corrected chi connectivity index (χ0v) is 14.4. The molecule has 0 atom stereocenters. The maximum atomic E-state index is 12.3. The Balaban J connectivity index is 2.06. The van der Waals surface area contributed by atoms with Gasteiger partial charge in [0, 0.05) is 32.4 Å². The highest BCUT2D eigenvalue weighted by molar-refractivity contribution is 6.44. The Morgan fingerprint density at radius 2 is 2.04 bits per heavy atom. The number of benzene rings is 1. The van der Waals surface area contributed by atoms with Gasteiger partial charge in [-0.05, 0) is 18.7 Å². The summed E-state index contributed by atoms with van der Waals surface area (Å²) in [4.78, 5) is 16.6. The topological polar surface area (TPSA) is 59.4 Å². The summed E-state index contributed by atoms with van der Waals surface area (Å²) >= 11 is 12.0. The lowest BCUT2D eigenvalue weighted by atomic mass is 10.2. The second kappa shape index (κ2) is 8.21. The predicted molar refractivity (Wildman–Crippen MR) is 92.5 cm³/mol. The van der Waals surface area contributed by atoms with Gasteiger partial charge in [-0.3, -0.25) is 4.79 Å². The van der Waals surface area contributed by atoms with Crippen LogP contribution in [0, 0.1) is 11.3 Å². The van der Waals surface area contributed by atoms with Crippen molar-refractivity contribution in [3.8, 4) is 6.07 Å². The van der Waals surface area contributed by atoms with Gasteiger partial charge in [0.05, 0.1) is 15.7 Å². The largest absolute Gasteiger partial charge is 0.374 e. The Bertz CT molecular complexity index is 646. The Morgan fingerprint density at radius 3 is 2.65 bits per heavy atom. The molecule has 0 aromatic heterocycles. The van der Waals surface area contributed by atoms with Crippen LogP contribution < -0.4 is 5.32 Å². The van der Waals surface area contributed by atoms with Crippen molar-refractivity contribution in [1.82, 2.24) is 9.80 Å². The normalized spacial score (nSPS) is 16.1. The second-order valence-electron chi connectivity index (χ2n) is 5.18. The van der Waals surface area contributed by atoms with Crippen LogP contribution in [0.3, 0.4) is 0 Å². The smallest absolute Gasteiger partial charge is 0.267 e. The van der Waals surface area contributed by atoms with Gasteiger partial charge in [0.2, 0.25) is 0 Å². The van der Waals surface area contributed by atoms with Crippen LogP contribution in [0.4, 0.5) is 5.69 Å². The number of rotatable bonds is 4. The third-order valence-electron chi connectivity index (χ3n) is 3.73. The summed E-state index contributed by atoms with van der Waals surface area (Å²) < 4.78 is 0. The molecule has 122 valence electrons. The first kappa shape index (κ1) is 17.6. The van der Waals surface area contributed by atoms with Crippen LogP contribution in [-0.2, 0) is 4.79 Å². The maximum absolute atomic E-state index is 12.3. The molecule has 1 heterocycles. The Labute approximate surface area is 146 Å². The lowest BCUT2D eigenvalue weighted by molar-refractivity contribution is -0.112. The highest BCUT2D eigenvalue weighted by Gasteiger charge is 2.17. The SMILES string of the molecule is CCN1CCN(/C=C(/C#N)C(=O)Nc2cccc(Cl)c2Cl)CC1. The third-order valence-corrected chi connectivity index (χ3v) is 4.55. The predicted octanol–water partition coefficient (Wildman–Crippen LogP) is 2.98. The standard InChI is InChI=1S/C16H18Cl2N4O/c1-2-21-6-8-22(9-7-21)11-12(10-19)16(23)20-14-5-3-4-13(17)15(14)18/h3-5,11H,2,6-9H2,1H3,(H,20,23)/b12-11-. The van der Waals surface area contributed by atoms with Crippen molar-refractivity contribution in [2.75, 3.05) is 38.0 Å². The molecule has 23 heavy (non-hydrogen) atoms. The van der Waals surface area contributed by atoms with Crippen molar-refractivity contribution >= 4 is 34.8 Å². The molecular formula is C16H18Cl2N4O. The number of carbonyl (C=O) groups is 1. The van der Waals surface area contributed by atoms with Crippen LogP contribution in [0.15, 0.2) is 30.0 Å². The molecule has 1 fully saturated rings. The third kappa shape index (κ3) is 4.61. The number of halogens is 2. The molecule has 1 saturated heterocycles. The van der Waals surface area contributed by atoms with Crippen LogP contribution in [0.25, 0.3) is 0 Å². The molecule has 1 N–H and O–H groups in total. The minimum absolute atomic E-state index is 0.0472. The Kier molecular flexibility index (Phi) is 6.28. The van der Waals surface area contributed by atoms with E-state index < -0.39 is 5.91 Å². The summed E-state index contributed by atoms with van der Waals surface area (Å²) in [6.07, 6.45) is 1.61. The van der Waals surface area contributed by atoms with Gasteiger partial charge in [0.15, 0.2) is 0 Å². The highest BCUT2D eigenvalue weighted by atomic mass is 35.5. The van der Waals surface area contributed by atoms with Crippen molar-refractivity contribution < 1.29 is 4.79 Å². The molecule has 1 aromatic carbocycles. The van der Waals surface area contributed by atoms with E-state index in [0.29, 0.717) is 10.7 Å². The molecule has 0 aliphatic carbocycles. The number of piperazine rings is 1. The van der Waals surface area contributed by atoms with E-state index in [2.05, 4.69) is 17.1 Å². The average Bonchev–Trinajstić information content (AvgIpc) is 2.57. The molecule has 1 amide bonds. The summed E-state index contributed by atoms with van der Waals surface area (Å²) in [5.74, 6) is -0.491. The first-order chi connectivity index (χ1) is 11.0. The summed E-state index contributed by atoms with van der Waals surface area (Å²) in [5.41, 5.74) is 0.437. The van der Waals surface area contributed by atoms with Crippen LogP contribution in [-0.4, -0.2) is 48.4 Å². The first-order valence-electron chi connectivity index (χ1n) is 7.38. The molecule has 0 bridgehead atoms. The van der Waals surface area contributed by atoms with Crippen LogP contribution >= 0.6 is 23.2 Å². The molecule has 0 saturated carbocycles. The van der Waals surface area contributed by atoms with Gasteiger partial charge in [-0.2, -0.15) is 5.26 Å². The quantitative estimate of drug-likeness (QED) is 0.668. The number of likely N-dealkylation sites (N-methyl/N-ethyl adjacent to an activating group) is 1. The molecule has 1 aromatic rings. The Hall–Kier alpha value is -1.74. The molecule has 7 heteroatoms. The monoisotopic (exact) mass is 352 g/mol. The number of nitrogens with zero attached hydrogens (tertiary/aromatic N) is 3. The van der Waals surface area contributed by atoms with Gasteiger partial charge >= 0.3 is 0 Å². The molecule has 0 radical (unpaired) electrons. The number of nitrogens with one attached hydrogen (secondary N) is 1. The molecule has 0 spiro atoms. The maximum Gasteiger partial charge on any atom is 0.267 e. The lowest BCUT2D eigenvalue weighted by Crippen LogP contribution is -2.44. The van der Waals surface area contributed by atoms with Gasteiger partial charge in [0.25, 0.3) is 5.91 Å². The van der Waals surface area contributed by atoms with Crippen LogP contribution in [0.5, 0.6) is 0 Å². The van der Waals surface area contributed by atoms with Gasteiger partial charge in [-0.25, -0.2) is 0 Å². The number of anilines is 1. The summed E-state index contributed by atoms with van der Waals surface area (Å²) in [6.45, 7) is 6.57. The van der Waals surface area contributed by atoms with E-state index >= 15 is 0 Å². The highest BCUT2D eigenvalue weighted by Crippen LogP contribution is 2.29. The number of amides is 1. The van der Waals surface area contributed by atoms with Crippen molar-refractivity contribution in [2.45, 2.75) is 6.92 Å². The van der Waals surface area contributed by atoms with Gasteiger partial charge < -0.3 is 15.1 Å². The van der Waals surface area contributed by atoms with Crippen molar-refractivity contribution in [1.29, 1.82) is 5.26 Å². The summed E-state index contributed by atoms with van der Waals surface area (Å²) in [7, 11) is 0. The fraction of sp³-hybridized carbons (Fsp3) is 0.375. The number of hydrogen-bond acceptors (Lipinski definition) is 4. The van der Waals surface area contributed by atoms with Gasteiger partial charge in [0.1, 0.15) is 11.6 Å². The van der Waals surface area contributed by atoms with E-state index in [1.54, 1.807) is 24.4 Å². The molecule has 1 aliphatic rings. The molecule has 2 rings (SSSR count). The molecule has 1 aliphatic heterocycles. The van der Waals surface area contributed by atoms with Crippen molar-refractivity contribution in [3.63, 3.8) is 0 Å². The van der Waals surface area contributed by atoms with Crippen molar-refractivity contribution in [2.24, 2.45) is 0 Å². The summed E-state index contributed by atoms with van der Waals surface area (Å²) in [6, 6.07) is 6.90. The molecule has 0 unspecified atom stereocenters. The van der Waals surface area contributed by atoms with E-state index in [1.807, 2.05) is 11.0 Å². The number of hydrogen-bond donors (Lipinski definition) is 1. The zero-order valence-electron chi connectivity index (χ0n) is 12.9. The Morgan fingerprint density at radius 1 is 1.35 bits per heavy atom. The van der Waals surface area contributed by atoms with Gasteiger partial charge in [-0.1, -0.05) is 36.2 Å². The first-order valence-corrected chi connectivity index (χ1v) is 8.14. The van der Waals surface area contributed by atoms with E-state index in [1.165, 1.54) is 0 Å². The number of nitriles is 1. The van der Waals surface area contributed by atoms with E-state index in [4.69, 9.17) is 23.2 Å². The van der Waals surface area contributed by atoms with E-state index in [9.17, 15) is 10.1 Å². The van der Waals surface area contributed by atoms with Crippen LogP contribution in [0.1, 0.15) is 6.92 Å². The zero-order chi connectivity index (χ0) is 16.8. The second-order valence-corrected chi connectivity index (χ2v) is 5.97. The summed E-state index contributed by atoms with van der Waals surface area (Å²) in [5, 5.41) is 12.5. The van der Waals surface area contributed by atoms with Crippen LogP contribution in [0.2, 0.25) is 10.0 Å². The fourth-order valence-electron chi connectivity index (χ4n) is 2.32. The lowest BCUT2D eigenvalue weighted by Gasteiger charge is -2.33. The average molecular weight is 353 g/mol. The fourth-order valence-corrected chi connectivity index (χ4v) is 2.67. The van der Waals surface area contributed by atoms with Crippen molar-refractivity contribution in [3.05, 3.63) is 40.0 Å². The number of carbonyl (C=O) groups excluding carboxylic acids is 1. The molecular weight excluding hydrogens is 335 g/mol. The van der Waals surface area contributed by atoms with Gasteiger partial charge in [-0.15, -0.1) is 0 Å². The van der Waals surface area contributed by atoms with E-state index in [-0.39, 0.29) is 10.6 Å². The minimum Gasteiger partial charge on any atom is -0.374 e.